The molecule has 0 aliphatic heterocycles. The van der Waals surface area contributed by atoms with Crippen molar-refractivity contribution >= 4 is 56.2 Å². The summed E-state index contributed by atoms with van der Waals surface area (Å²) in [5, 5.41) is 5.63. The van der Waals surface area contributed by atoms with Gasteiger partial charge in [-0.05, 0) is 67.0 Å². The van der Waals surface area contributed by atoms with Crippen molar-refractivity contribution in [3.05, 3.63) is 90.1 Å². The first kappa shape index (κ1) is 45.7. The lowest BCUT2D eigenvalue weighted by atomic mass is 9.87. The lowest BCUT2D eigenvalue weighted by Crippen LogP contribution is -2.24. The van der Waals surface area contributed by atoms with Crippen LogP contribution in [-0.2, 0) is 42.9 Å². The van der Waals surface area contributed by atoms with E-state index in [1.54, 1.807) is 48.8 Å². The molecular weight excluding hydrogens is 816 g/mol. The van der Waals surface area contributed by atoms with Crippen molar-refractivity contribution in [2.24, 2.45) is 11.8 Å². The van der Waals surface area contributed by atoms with Gasteiger partial charge in [-0.15, -0.1) is 0 Å². The lowest BCUT2D eigenvalue weighted by Gasteiger charge is -2.21. The van der Waals surface area contributed by atoms with Crippen LogP contribution in [0, 0.1) is 18.8 Å². The lowest BCUT2D eigenvalue weighted by molar-refractivity contribution is -0.118. The molecule has 2 amide bonds. The van der Waals surface area contributed by atoms with E-state index in [4.69, 9.17) is 9.05 Å². The Morgan fingerprint density at radius 1 is 0.644 bits per heavy atom. The van der Waals surface area contributed by atoms with E-state index in [1.165, 1.54) is 57.8 Å². The van der Waals surface area contributed by atoms with E-state index in [0.29, 0.717) is 24.1 Å². The summed E-state index contributed by atoms with van der Waals surface area (Å²) in [6.45, 7) is 1.84. The highest BCUT2D eigenvalue weighted by atomic mass is 32.2. The average molecular weight is 869 g/mol. The highest BCUT2D eigenvalue weighted by Crippen LogP contribution is 2.44. The molecule has 2 heterocycles. The van der Waals surface area contributed by atoms with E-state index in [2.05, 4.69) is 30.6 Å². The highest BCUT2D eigenvalue weighted by molar-refractivity contribution is 7.91. The third-order valence-corrected chi connectivity index (χ3v) is 14.8. The summed E-state index contributed by atoms with van der Waals surface area (Å²) in [6.07, 6.45) is 18.6. The number of nitrogens with one attached hydrogen (secondary N) is 2. The van der Waals surface area contributed by atoms with Crippen LogP contribution in [0.4, 0.5) is 11.6 Å². The third kappa shape index (κ3) is 12.8. The number of aromatic nitrogens is 4. The van der Waals surface area contributed by atoms with Gasteiger partial charge in [-0.3, -0.25) is 19.1 Å². The van der Waals surface area contributed by atoms with Gasteiger partial charge in [0.05, 0.1) is 52.1 Å². The molecule has 2 fully saturated rings. The Morgan fingerprint density at radius 2 is 1.03 bits per heavy atom. The quantitative estimate of drug-likeness (QED) is 0.118. The van der Waals surface area contributed by atoms with Gasteiger partial charge in [0.15, 0.2) is 36.7 Å². The highest BCUT2D eigenvalue weighted by Gasteiger charge is 2.30. The van der Waals surface area contributed by atoms with E-state index < -0.39 is 33.2 Å². The van der Waals surface area contributed by atoms with Crippen molar-refractivity contribution in [3.63, 3.8) is 0 Å². The van der Waals surface area contributed by atoms with Crippen molar-refractivity contribution in [1.29, 1.82) is 0 Å². The number of nitrogens with zero attached hydrogens (tertiary/aromatic N) is 4. The van der Waals surface area contributed by atoms with E-state index in [1.807, 2.05) is 6.92 Å². The van der Waals surface area contributed by atoms with E-state index in [-0.39, 0.29) is 38.8 Å². The fourth-order valence-electron chi connectivity index (χ4n) is 7.52. The van der Waals surface area contributed by atoms with Crippen LogP contribution in [-0.4, -0.2) is 75.3 Å². The maximum absolute atomic E-state index is 13.2. The zero-order valence-electron chi connectivity index (χ0n) is 34.0. The Balaban J connectivity index is 0.000000227. The number of carbonyl (C=O) groups excluding carboxylic acids is 2. The van der Waals surface area contributed by atoms with Gasteiger partial charge in [0, 0.05) is 26.7 Å². The fraction of sp³-hybridized carbons (Fsp3) is 0.463. The Hall–Kier alpha value is -4.41. The summed E-state index contributed by atoms with van der Waals surface area (Å²) in [5.74, 6) is 0.390. The molecule has 0 unspecified atom stereocenters. The molecule has 0 spiro atoms. The molecule has 2 aromatic carbocycles. The molecule has 0 radical (unpaired) electrons. The number of hydrogen-bond donors (Lipinski definition) is 2. The second-order valence-electron chi connectivity index (χ2n) is 15.2. The molecule has 4 aromatic rings. The number of anilines is 2. The fourth-order valence-corrected chi connectivity index (χ4v) is 9.70. The molecule has 6 rings (SSSR count). The Bertz CT molecular complexity index is 2290. The van der Waals surface area contributed by atoms with Gasteiger partial charge in [-0.25, -0.2) is 31.8 Å². The maximum atomic E-state index is 13.2. The summed E-state index contributed by atoms with van der Waals surface area (Å²) in [5.41, 5.74) is 2.40. The van der Waals surface area contributed by atoms with Crippen LogP contribution in [0.25, 0.3) is 0 Å². The summed E-state index contributed by atoms with van der Waals surface area (Å²) in [7, 11) is -7.60. The zero-order valence-corrected chi connectivity index (χ0v) is 36.6. The number of hydrogen-bond acceptors (Lipinski definition) is 13. The van der Waals surface area contributed by atoms with Crippen LogP contribution in [0.15, 0.2) is 83.1 Å². The van der Waals surface area contributed by atoms with Gasteiger partial charge >= 0.3 is 7.60 Å². The molecule has 2 aliphatic rings. The second kappa shape index (κ2) is 20.2. The van der Waals surface area contributed by atoms with Crippen LogP contribution >= 0.6 is 7.60 Å². The van der Waals surface area contributed by atoms with E-state index >= 15 is 0 Å². The molecule has 2 saturated carbocycles. The van der Waals surface area contributed by atoms with Gasteiger partial charge in [-0.1, -0.05) is 75.6 Å². The minimum absolute atomic E-state index is 0.0411. The number of aryl methyl sites for hydroxylation is 1. The van der Waals surface area contributed by atoms with Crippen LogP contribution in [0.2, 0.25) is 0 Å². The van der Waals surface area contributed by atoms with Gasteiger partial charge in [0.2, 0.25) is 11.8 Å². The third-order valence-electron chi connectivity index (χ3n) is 10.8. The summed E-state index contributed by atoms with van der Waals surface area (Å²) >= 11 is 0. The number of benzene rings is 2. The number of carbonyl (C=O) groups is 2. The molecule has 15 nitrogen and oxygen atoms in total. The molecule has 2 aliphatic carbocycles. The smallest absolute Gasteiger partial charge is 0.309 e. The van der Waals surface area contributed by atoms with Crippen LogP contribution in [0.3, 0.4) is 0 Å². The standard InChI is InChI=1S/C21H28N3O6PS.C20H25N3O3S/c1-29-31(26,30-2)20-14-22-19(13-23-20)24-21(25)18(12-15-6-4-5-7-15)16-8-10-17(11-9-16)32(3,27)28;1-14-12-22-19(13-21-14)23-20(24)18(11-15-5-3-4-6-15)16-7-9-17(10-8-16)27(2,25)26/h8-11,13-15,18H,4-7,12H2,1-3H3,(H,22,24,25);7-10,12-13,15,18H,3-6,11H2,1-2H3,(H,22,23,24)/t2*18-/m11/s1. The van der Waals surface area contributed by atoms with Crippen molar-refractivity contribution in [2.45, 2.75) is 92.8 Å². The molecule has 0 bridgehead atoms. The maximum Gasteiger partial charge on any atom is 0.380 e. The molecule has 0 saturated heterocycles. The van der Waals surface area contributed by atoms with Crippen molar-refractivity contribution in [2.75, 3.05) is 37.4 Å². The second-order valence-corrected chi connectivity index (χ2v) is 21.4. The topological polar surface area (TPSA) is 214 Å². The van der Waals surface area contributed by atoms with Crippen molar-refractivity contribution in [1.82, 2.24) is 19.9 Å². The number of sulfone groups is 2. The SMILES string of the molecule is COP(=O)(OC)c1cnc(NC(=O)[C@H](CC2CCCC2)c2ccc(S(C)(=O)=O)cc2)cn1.Cc1cnc(NC(=O)[C@H](CC2CCCC2)c2ccc(S(C)(=O)=O)cc2)cn1. The Kier molecular flexibility index (Phi) is 15.7. The van der Waals surface area contributed by atoms with E-state index in [0.717, 1.165) is 68.0 Å². The first-order chi connectivity index (χ1) is 28.0. The van der Waals surface area contributed by atoms with Crippen LogP contribution in [0.1, 0.15) is 92.9 Å². The number of amides is 2. The first-order valence-electron chi connectivity index (χ1n) is 19.5. The Labute approximate surface area is 347 Å². The van der Waals surface area contributed by atoms with Crippen LogP contribution in [0.5, 0.6) is 0 Å². The molecule has 18 heteroatoms. The van der Waals surface area contributed by atoms with Crippen molar-refractivity contribution in [3.8, 4) is 0 Å². The van der Waals surface area contributed by atoms with Gasteiger partial charge in [-0.2, -0.15) is 0 Å². The van der Waals surface area contributed by atoms with Gasteiger partial charge in [0.25, 0.3) is 0 Å². The van der Waals surface area contributed by atoms with Crippen LogP contribution < -0.4 is 16.1 Å². The summed E-state index contributed by atoms with van der Waals surface area (Å²) in [4.78, 5) is 43.2. The van der Waals surface area contributed by atoms with Gasteiger partial charge < -0.3 is 19.7 Å². The Morgan fingerprint density at radius 3 is 1.36 bits per heavy atom. The predicted molar refractivity (Wildman–Crippen MR) is 225 cm³/mol. The van der Waals surface area contributed by atoms with E-state index in [9.17, 15) is 31.0 Å². The molecule has 2 N–H and O–H groups in total. The minimum Gasteiger partial charge on any atom is -0.309 e. The molecule has 2 aromatic heterocycles. The zero-order chi connectivity index (χ0) is 42.8. The summed E-state index contributed by atoms with van der Waals surface area (Å²) in [6, 6.07) is 13.1. The normalized spacial score (nSPS) is 16.2. The predicted octanol–water partition coefficient (Wildman–Crippen LogP) is 6.79. The first-order valence-corrected chi connectivity index (χ1v) is 24.9. The van der Waals surface area contributed by atoms with Gasteiger partial charge in [0.1, 0.15) is 0 Å². The molecular formula is C41H53N6O9PS2. The molecule has 2 atom stereocenters. The summed E-state index contributed by atoms with van der Waals surface area (Å²) < 4.78 is 69.1. The average Bonchev–Trinajstić information content (AvgIpc) is 3.95. The molecule has 318 valence electrons. The molecule has 59 heavy (non-hydrogen) atoms. The number of rotatable bonds is 15. The monoisotopic (exact) mass is 868 g/mol. The largest absolute Gasteiger partial charge is 0.380 e. The minimum atomic E-state index is -3.53. The van der Waals surface area contributed by atoms with Crippen molar-refractivity contribution < 1.29 is 40.0 Å².